The predicted molar refractivity (Wildman–Crippen MR) is 133 cm³/mol. The van der Waals surface area contributed by atoms with E-state index in [9.17, 15) is 25.0 Å². The Balaban J connectivity index is 2.38. The Morgan fingerprint density at radius 3 is 2.06 bits per heavy atom. The predicted octanol–water partition coefficient (Wildman–Crippen LogP) is 6.19. The second-order valence-corrected chi connectivity index (χ2v) is 9.45. The van der Waals surface area contributed by atoms with Gasteiger partial charge in [0, 0.05) is 6.07 Å². The van der Waals surface area contributed by atoms with E-state index in [0.717, 1.165) is 6.07 Å². The van der Waals surface area contributed by atoms with Crippen LogP contribution in [0.3, 0.4) is 0 Å². The number of benzene rings is 3. The number of nitro groups is 2. The molecule has 0 N–H and O–H groups in total. The maximum Gasteiger partial charge on any atom is 0.359 e. The molecule has 0 saturated heterocycles. The minimum absolute atomic E-state index is 0.00702. The zero-order valence-electron chi connectivity index (χ0n) is 18.6. The van der Waals surface area contributed by atoms with Gasteiger partial charge in [0.1, 0.15) is 0 Å². The number of methoxy groups -OCH3 is 2. The average Bonchev–Trinajstić information content (AvgIpc) is 2.85. The molecule has 0 bridgehead atoms. The van der Waals surface area contributed by atoms with Crippen LogP contribution in [0.5, 0.6) is 11.5 Å². The van der Waals surface area contributed by atoms with Crippen LogP contribution in [0.25, 0.3) is 11.1 Å². The second-order valence-electron chi connectivity index (χ2n) is 7.17. The SMILES string of the molecule is COc1ccc(-c2ccc([N+](=O)[O-])c(C(OC(=O)C(Cl)(Cl)Cl)c3ccccc3)c2[N+](=O)[O-])cc1OC. The maximum atomic E-state index is 12.5. The number of ether oxygens (including phenoxy) is 3. The van der Waals surface area contributed by atoms with Gasteiger partial charge in [0.2, 0.25) is 0 Å². The molecule has 188 valence electrons. The van der Waals surface area contributed by atoms with E-state index < -0.39 is 42.7 Å². The number of esters is 1. The van der Waals surface area contributed by atoms with E-state index in [0.29, 0.717) is 5.75 Å². The third-order valence-corrected chi connectivity index (χ3v) is 5.55. The molecule has 0 aromatic heterocycles. The fourth-order valence-corrected chi connectivity index (χ4v) is 3.68. The van der Waals surface area contributed by atoms with E-state index in [1.54, 1.807) is 18.2 Å². The lowest BCUT2D eigenvalue weighted by Gasteiger charge is -2.22. The lowest BCUT2D eigenvalue weighted by atomic mass is 9.92. The maximum absolute atomic E-state index is 12.5. The molecule has 10 nitrogen and oxygen atoms in total. The molecule has 0 aliphatic carbocycles. The third-order valence-electron chi connectivity index (χ3n) is 5.09. The van der Waals surface area contributed by atoms with E-state index in [4.69, 9.17) is 49.0 Å². The number of carbonyl (C=O) groups is 1. The zero-order chi connectivity index (χ0) is 26.6. The van der Waals surface area contributed by atoms with Crippen LogP contribution in [0.4, 0.5) is 11.4 Å². The van der Waals surface area contributed by atoms with Crippen molar-refractivity contribution in [1.29, 1.82) is 0 Å². The van der Waals surface area contributed by atoms with E-state index in [2.05, 4.69) is 0 Å². The molecule has 0 heterocycles. The fraction of sp³-hybridized carbons (Fsp3) is 0.174. The van der Waals surface area contributed by atoms with Crippen LogP contribution in [0.15, 0.2) is 60.7 Å². The van der Waals surface area contributed by atoms with Gasteiger partial charge in [-0.1, -0.05) is 71.2 Å². The molecule has 1 unspecified atom stereocenters. The van der Waals surface area contributed by atoms with Gasteiger partial charge >= 0.3 is 5.97 Å². The van der Waals surface area contributed by atoms with Crippen molar-refractivity contribution in [3.05, 3.63) is 92.0 Å². The van der Waals surface area contributed by atoms with Crippen LogP contribution in [0.1, 0.15) is 17.2 Å². The highest BCUT2D eigenvalue weighted by atomic mass is 35.6. The summed E-state index contributed by atoms with van der Waals surface area (Å²) < 4.78 is 13.3. The van der Waals surface area contributed by atoms with Crippen molar-refractivity contribution < 1.29 is 28.9 Å². The van der Waals surface area contributed by atoms with Crippen molar-refractivity contribution in [3.8, 4) is 22.6 Å². The molecular formula is C23H17Cl3N2O8. The van der Waals surface area contributed by atoms with Crippen molar-refractivity contribution in [2.24, 2.45) is 0 Å². The molecule has 13 heteroatoms. The highest BCUT2D eigenvalue weighted by Gasteiger charge is 2.41. The number of nitro benzene ring substituents is 2. The number of carbonyl (C=O) groups excluding carboxylic acids is 1. The zero-order valence-corrected chi connectivity index (χ0v) is 20.9. The summed E-state index contributed by atoms with van der Waals surface area (Å²) in [5, 5.41) is 24.4. The van der Waals surface area contributed by atoms with E-state index in [1.807, 2.05) is 0 Å². The van der Waals surface area contributed by atoms with Crippen molar-refractivity contribution >= 4 is 52.1 Å². The van der Waals surface area contributed by atoms with E-state index >= 15 is 0 Å². The lowest BCUT2D eigenvalue weighted by molar-refractivity contribution is -0.395. The summed E-state index contributed by atoms with van der Waals surface area (Å²) in [7, 11) is 2.81. The average molecular weight is 556 g/mol. The molecule has 0 spiro atoms. The van der Waals surface area contributed by atoms with Gasteiger partial charge in [-0.15, -0.1) is 0 Å². The Morgan fingerprint density at radius 1 is 0.889 bits per heavy atom. The quantitative estimate of drug-likeness (QED) is 0.139. The van der Waals surface area contributed by atoms with Gasteiger partial charge in [-0.3, -0.25) is 20.2 Å². The summed E-state index contributed by atoms with van der Waals surface area (Å²) >= 11 is 17.0. The summed E-state index contributed by atoms with van der Waals surface area (Å²) in [6, 6.07) is 14.5. The standard InChI is InChI=1S/C23H17Cl3N2O8/c1-34-17-11-8-14(12-18(17)35-2)15-9-10-16(27(30)31)19(20(15)28(32)33)21(13-6-4-3-5-7-13)36-22(29)23(24,25)26/h3-12,21H,1-2H3. The third kappa shape index (κ3) is 5.62. The largest absolute Gasteiger partial charge is 0.493 e. The highest BCUT2D eigenvalue weighted by Crippen LogP contribution is 2.46. The molecule has 1 atom stereocenters. The smallest absolute Gasteiger partial charge is 0.359 e. The molecule has 3 rings (SSSR count). The Kier molecular flexibility index (Phi) is 8.24. The Labute approximate surface area is 219 Å². The molecule has 3 aromatic rings. The van der Waals surface area contributed by atoms with Gasteiger partial charge in [-0.25, -0.2) is 4.79 Å². The molecule has 36 heavy (non-hydrogen) atoms. The van der Waals surface area contributed by atoms with Gasteiger partial charge in [-0.2, -0.15) is 0 Å². The molecule has 0 aliphatic heterocycles. The van der Waals surface area contributed by atoms with Crippen molar-refractivity contribution in [1.82, 2.24) is 0 Å². The number of rotatable bonds is 8. The summed E-state index contributed by atoms with van der Waals surface area (Å²) in [5.74, 6) is -0.738. The molecule has 0 saturated carbocycles. The minimum Gasteiger partial charge on any atom is -0.493 e. The Morgan fingerprint density at radius 2 is 1.53 bits per heavy atom. The molecule has 0 radical (unpaired) electrons. The molecule has 3 aromatic carbocycles. The van der Waals surface area contributed by atoms with Gasteiger partial charge in [0.25, 0.3) is 15.2 Å². The van der Waals surface area contributed by atoms with Crippen molar-refractivity contribution in [3.63, 3.8) is 0 Å². The first-order valence-electron chi connectivity index (χ1n) is 10.00. The normalized spacial score (nSPS) is 11.9. The van der Waals surface area contributed by atoms with Crippen LogP contribution < -0.4 is 9.47 Å². The van der Waals surface area contributed by atoms with Crippen LogP contribution in [0, 0.1) is 20.2 Å². The van der Waals surface area contributed by atoms with Crippen LogP contribution in [-0.4, -0.2) is 33.8 Å². The molecule has 0 amide bonds. The summed E-state index contributed by atoms with van der Waals surface area (Å²) in [6.45, 7) is 0. The Bertz CT molecular complexity index is 1310. The first-order valence-corrected chi connectivity index (χ1v) is 11.1. The van der Waals surface area contributed by atoms with Gasteiger partial charge in [0.05, 0.1) is 29.6 Å². The highest BCUT2D eigenvalue weighted by molar-refractivity contribution is 6.75. The number of hydrogen-bond donors (Lipinski definition) is 0. The fourth-order valence-electron chi connectivity index (χ4n) is 3.54. The van der Waals surface area contributed by atoms with Gasteiger partial charge in [0.15, 0.2) is 23.2 Å². The van der Waals surface area contributed by atoms with Crippen LogP contribution in [0.2, 0.25) is 0 Å². The van der Waals surface area contributed by atoms with E-state index in [1.165, 1.54) is 50.6 Å². The lowest BCUT2D eigenvalue weighted by Crippen LogP contribution is -2.25. The summed E-state index contributed by atoms with van der Waals surface area (Å²) in [5.41, 5.74) is -1.40. The topological polar surface area (TPSA) is 131 Å². The Hall–Kier alpha value is -3.60. The summed E-state index contributed by atoms with van der Waals surface area (Å²) in [6.07, 6.45) is -1.66. The molecule has 0 fully saturated rings. The first kappa shape index (κ1) is 27.0. The van der Waals surface area contributed by atoms with Crippen LogP contribution in [-0.2, 0) is 9.53 Å². The minimum atomic E-state index is -2.54. The summed E-state index contributed by atoms with van der Waals surface area (Å²) in [4.78, 5) is 35.3. The monoisotopic (exact) mass is 554 g/mol. The van der Waals surface area contributed by atoms with Crippen LogP contribution >= 0.6 is 34.8 Å². The number of nitrogens with zero attached hydrogens (tertiary/aromatic N) is 2. The van der Waals surface area contributed by atoms with E-state index in [-0.39, 0.29) is 22.4 Å². The van der Waals surface area contributed by atoms with Gasteiger partial charge < -0.3 is 14.2 Å². The van der Waals surface area contributed by atoms with Crippen molar-refractivity contribution in [2.45, 2.75) is 9.90 Å². The number of alkyl halides is 3. The van der Waals surface area contributed by atoms with Crippen molar-refractivity contribution in [2.75, 3.05) is 14.2 Å². The number of halogens is 3. The number of hydrogen-bond acceptors (Lipinski definition) is 8. The molecular weight excluding hydrogens is 539 g/mol. The van der Waals surface area contributed by atoms with Gasteiger partial charge in [-0.05, 0) is 29.3 Å². The first-order chi connectivity index (χ1) is 17.0. The molecule has 0 aliphatic rings. The second kappa shape index (κ2) is 11.0.